The highest BCUT2D eigenvalue weighted by atomic mass is 32.1. The number of aryl methyl sites for hydroxylation is 2. The lowest BCUT2D eigenvalue weighted by Crippen LogP contribution is -2.20. The zero-order valence-electron chi connectivity index (χ0n) is 14.6. The molecule has 0 radical (unpaired) electrons. The number of nitrogens with one attached hydrogen (secondary N) is 1. The predicted molar refractivity (Wildman–Crippen MR) is 104 cm³/mol. The summed E-state index contributed by atoms with van der Waals surface area (Å²) in [4.78, 5) is 15.9. The summed E-state index contributed by atoms with van der Waals surface area (Å²) in [5.74, 6) is 0.708. The van der Waals surface area contributed by atoms with Gasteiger partial charge in [-0.1, -0.05) is 30.3 Å². The Kier molecular flexibility index (Phi) is 5.58. The summed E-state index contributed by atoms with van der Waals surface area (Å²) in [5.41, 5.74) is 8.09. The quantitative estimate of drug-likeness (QED) is 0.390. The number of pyridine rings is 1. The van der Waals surface area contributed by atoms with E-state index >= 15 is 0 Å². The number of rotatable bonds is 5. The van der Waals surface area contributed by atoms with E-state index in [1.165, 1.54) is 5.56 Å². The monoisotopic (exact) mass is 351 g/mol. The Labute approximate surface area is 152 Å². The number of hydrogen-bond donors (Lipinski definition) is 1. The normalized spacial score (nSPS) is 11.6. The Morgan fingerprint density at radius 2 is 1.96 bits per heavy atom. The van der Waals surface area contributed by atoms with E-state index in [0.717, 1.165) is 27.5 Å². The molecular weight excluding hydrogens is 330 g/mol. The van der Waals surface area contributed by atoms with Crippen LogP contribution in [0.15, 0.2) is 58.9 Å². The van der Waals surface area contributed by atoms with E-state index in [-0.39, 0.29) is 0 Å². The Morgan fingerprint density at radius 1 is 1.16 bits per heavy atom. The first-order chi connectivity index (χ1) is 12.1. The molecule has 0 amide bonds. The van der Waals surface area contributed by atoms with E-state index in [1.807, 2.05) is 55.6 Å². The first-order valence-electron chi connectivity index (χ1n) is 8.12. The fraction of sp³-hybridized carbons (Fsp3) is 0.200. The standard InChI is InChI=1S/C20H21N3OS/c1-14-11-15(2)21-19(12-14)20-18(9-10-25-20)22-16(3)23-24-13-17-7-5-4-6-8-17/h4-12H,13H2,1-3H3,(H,22,23). The molecule has 2 heterocycles. The lowest BCUT2D eigenvalue weighted by Gasteiger charge is -2.07. The molecule has 25 heavy (non-hydrogen) atoms. The summed E-state index contributed by atoms with van der Waals surface area (Å²) in [6.07, 6.45) is 0. The van der Waals surface area contributed by atoms with Crippen LogP contribution >= 0.6 is 11.3 Å². The minimum absolute atomic E-state index is 0.489. The van der Waals surface area contributed by atoms with Gasteiger partial charge in [0.15, 0.2) is 0 Å². The van der Waals surface area contributed by atoms with E-state index in [4.69, 9.17) is 4.84 Å². The summed E-state index contributed by atoms with van der Waals surface area (Å²) < 4.78 is 0. The highest BCUT2D eigenvalue weighted by molar-refractivity contribution is 7.14. The molecule has 1 N–H and O–H groups in total. The topological polar surface area (TPSA) is 46.5 Å². The van der Waals surface area contributed by atoms with Crippen LogP contribution in [0, 0.1) is 13.8 Å². The van der Waals surface area contributed by atoms with E-state index in [2.05, 4.69) is 34.5 Å². The first kappa shape index (κ1) is 17.3. The molecule has 0 aliphatic carbocycles. The Balaban J connectivity index is 1.70. The van der Waals surface area contributed by atoms with Crippen LogP contribution in [-0.2, 0) is 11.4 Å². The van der Waals surface area contributed by atoms with Crippen LogP contribution in [0.4, 0.5) is 5.69 Å². The van der Waals surface area contributed by atoms with Gasteiger partial charge in [-0.3, -0.25) is 15.3 Å². The van der Waals surface area contributed by atoms with E-state index < -0.39 is 0 Å². The molecule has 0 bridgehead atoms. The molecule has 3 aromatic rings. The van der Waals surface area contributed by atoms with Crippen LogP contribution in [0.25, 0.3) is 10.6 Å². The fourth-order valence-corrected chi connectivity index (χ4v) is 3.33. The maximum atomic E-state index is 5.52. The lowest BCUT2D eigenvalue weighted by molar-refractivity contribution is 0.0708. The van der Waals surface area contributed by atoms with Crippen molar-refractivity contribution in [3.05, 3.63) is 70.7 Å². The van der Waals surface area contributed by atoms with Gasteiger partial charge in [0.05, 0.1) is 22.9 Å². The molecule has 5 heteroatoms. The van der Waals surface area contributed by atoms with Crippen molar-refractivity contribution >= 4 is 22.9 Å². The van der Waals surface area contributed by atoms with Crippen molar-refractivity contribution in [1.82, 2.24) is 10.5 Å². The molecule has 0 saturated heterocycles. The van der Waals surface area contributed by atoms with Gasteiger partial charge in [0, 0.05) is 5.69 Å². The Hall–Kier alpha value is -2.50. The van der Waals surface area contributed by atoms with Crippen LogP contribution in [0.1, 0.15) is 23.7 Å². The molecule has 0 saturated carbocycles. The fourth-order valence-electron chi connectivity index (χ4n) is 2.54. The number of aliphatic imine (C=N–C) groups is 1. The lowest BCUT2D eigenvalue weighted by atomic mass is 10.2. The van der Waals surface area contributed by atoms with Gasteiger partial charge in [-0.15, -0.1) is 11.3 Å². The average Bonchev–Trinajstić information content (AvgIpc) is 3.03. The van der Waals surface area contributed by atoms with Crippen molar-refractivity contribution in [2.24, 2.45) is 4.99 Å². The predicted octanol–water partition coefficient (Wildman–Crippen LogP) is 5.20. The van der Waals surface area contributed by atoms with Gasteiger partial charge < -0.3 is 0 Å². The van der Waals surface area contributed by atoms with Crippen molar-refractivity contribution in [2.45, 2.75) is 27.4 Å². The van der Waals surface area contributed by atoms with Crippen LogP contribution < -0.4 is 5.48 Å². The van der Waals surface area contributed by atoms with Crippen LogP contribution in [-0.4, -0.2) is 10.8 Å². The molecule has 0 aliphatic heterocycles. The summed E-state index contributed by atoms with van der Waals surface area (Å²) in [6.45, 7) is 6.47. The molecule has 2 aromatic heterocycles. The molecule has 0 aliphatic rings. The van der Waals surface area contributed by atoms with Gasteiger partial charge >= 0.3 is 0 Å². The second-order valence-corrected chi connectivity index (χ2v) is 6.80. The summed E-state index contributed by atoms with van der Waals surface area (Å²) >= 11 is 1.64. The van der Waals surface area contributed by atoms with Crippen molar-refractivity contribution < 1.29 is 4.84 Å². The van der Waals surface area contributed by atoms with Crippen LogP contribution in [0.5, 0.6) is 0 Å². The SMILES string of the molecule is CC(=Nc1ccsc1-c1cc(C)cc(C)n1)NOCc1ccccc1. The molecule has 4 nitrogen and oxygen atoms in total. The van der Waals surface area contributed by atoms with Gasteiger partial charge in [-0.05, 0) is 55.5 Å². The van der Waals surface area contributed by atoms with Gasteiger partial charge in [-0.25, -0.2) is 4.99 Å². The first-order valence-corrected chi connectivity index (χ1v) is 9.00. The zero-order chi connectivity index (χ0) is 17.6. The molecule has 1 aromatic carbocycles. The molecule has 0 fully saturated rings. The maximum absolute atomic E-state index is 5.52. The smallest absolute Gasteiger partial charge is 0.123 e. The zero-order valence-corrected chi connectivity index (χ0v) is 15.4. The van der Waals surface area contributed by atoms with Crippen molar-refractivity contribution in [2.75, 3.05) is 0 Å². The van der Waals surface area contributed by atoms with Crippen LogP contribution in [0.3, 0.4) is 0 Å². The van der Waals surface area contributed by atoms with Gasteiger partial charge in [0.1, 0.15) is 5.84 Å². The van der Waals surface area contributed by atoms with Gasteiger partial charge in [0.2, 0.25) is 0 Å². The number of nitrogens with zero attached hydrogens (tertiary/aromatic N) is 2. The molecule has 0 atom stereocenters. The molecule has 0 unspecified atom stereocenters. The third kappa shape index (κ3) is 4.75. The second-order valence-electron chi connectivity index (χ2n) is 5.88. The molecular formula is C20H21N3OS. The second kappa shape index (κ2) is 8.05. The van der Waals surface area contributed by atoms with Gasteiger partial charge in [0.25, 0.3) is 0 Å². The Morgan fingerprint density at radius 3 is 2.72 bits per heavy atom. The van der Waals surface area contributed by atoms with E-state index in [1.54, 1.807) is 11.3 Å². The highest BCUT2D eigenvalue weighted by Gasteiger charge is 2.09. The molecule has 0 spiro atoms. The number of benzene rings is 1. The van der Waals surface area contributed by atoms with E-state index in [9.17, 15) is 0 Å². The van der Waals surface area contributed by atoms with Crippen molar-refractivity contribution in [3.8, 4) is 10.6 Å². The molecule has 3 rings (SSSR count). The number of amidine groups is 1. The Bertz CT molecular complexity index is 851. The molecule has 128 valence electrons. The maximum Gasteiger partial charge on any atom is 0.123 e. The summed E-state index contributed by atoms with van der Waals surface area (Å²) in [5, 5.41) is 2.03. The number of aromatic nitrogens is 1. The highest BCUT2D eigenvalue weighted by Crippen LogP contribution is 2.35. The minimum Gasteiger partial charge on any atom is -0.270 e. The van der Waals surface area contributed by atoms with Crippen molar-refractivity contribution in [1.29, 1.82) is 0 Å². The number of thiophene rings is 1. The van der Waals surface area contributed by atoms with Gasteiger partial charge in [-0.2, -0.15) is 0 Å². The number of hydroxylamine groups is 1. The largest absolute Gasteiger partial charge is 0.270 e. The summed E-state index contributed by atoms with van der Waals surface area (Å²) in [7, 11) is 0. The average molecular weight is 351 g/mol. The summed E-state index contributed by atoms with van der Waals surface area (Å²) in [6, 6.07) is 16.2. The van der Waals surface area contributed by atoms with E-state index in [0.29, 0.717) is 12.4 Å². The third-order valence-corrected chi connectivity index (χ3v) is 4.49. The third-order valence-electron chi connectivity index (χ3n) is 3.56. The number of hydrogen-bond acceptors (Lipinski definition) is 4. The van der Waals surface area contributed by atoms with Crippen molar-refractivity contribution in [3.63, 3.8) is 0 Å². The minimum atomic E-state index is 0.489. The van der Waals surface area contributed by atoms with Crippen LogP contribution in [0.2, 0.25) is 0 Å².